The molecule has 0 saturated carbocycles. The van der Waals surface area contributed by atoms with Gasteiger partial charge in [0, 0.05) is 22.2 Å². The lowest BCUT2D eigenvalue weighted by Crippen LogP contribution is -2.40. The summed E-state index contributed by atoms with van der Waals surface area (Å²) >= 11 is 1.30. The Bertz CT molecular complexity index is 1740. The van der Waals surface area contributed by atoms with Gasteiger partial charge in [-0.15, -0.1) is 0 Å². The summed E-state index contributed by atoms with van der Waals surface area (Å²) < 4.78 is 18.4. The first kappa shape index (κ1) is 24.6. The van der Waals surface area contributed by atoms with Crippen molar-refractivity contribution >= 4 is 34.3 Å². The van der Waals surface area contributed by atoms with Crippen LogP contribution in [0.25, 0.3) is 17.0 Å². The van der Waals surface area contributed by atoms with Crippen molar-refractivity contribution in [2.75, 3.05) is 20.8 Å². The maximum absolute atomic E-state index is 13.9. The zero-order valence-electron chi connectivity index (χ0n) is 21.2. The summed E-state index contributed by atoms with van der Waals surface area (Å²) in [5.41, 5.74) is 4.19. The number of rotatable bonds is 6. The summed E-state index contributed by atoms with van der Waals surface area (Å²) in [5, 5.41) is 1.03. The van der Waals surface area contributed by atoms with E-state index in [4.69, 9.17) is 14.2 Å². The number of carbonyl (C=O) groups excluding carboxylic acids is 1. The molecule has 1 atom stereocenters. The predicted molar refractivity (Wildman–Crippen MR) is 143 cm³/mol. The quantitative estimate of drug-likeness (QED) is 0.395. The number of aryl methyl sites for hydroxylation is 1. The van der Waals surface area contributed by atoms with Crippen LogP contribution in [0.15, 0.2) is 63.5 Å². The van der Waals surface area contributed by atoms with E-state index in [2.05, 4.69) is 9.98 Å². The average Bonchev–Trinajstić information content (AvgIpc) is 3.38. The maximum atomic E-state index is 13.9. The van der Waals surface area contributed by atoms with Crippen LogP contribution in [0, 0.1) is 6.92 Å². The van der Waals surface area contributed by atoms with E-state index in [1.54, 1.807) is 44.8 Å². The fraction of sp³-hybridized carbons (Fsp3) is 0.250. The molecule has 9 heteroatoms. The Morgan fingerprint density at radius 2 is 1.89 bits per heavy atom. The first-order valence-corrected chi connectivity index (χ1v) is 12.7. The number of fused-ring (bicyclic) bond motifs is 2. The first-order chi connectivity index (χ1) is 17.9. The molecule has 0 saturated heterocycles. The highest BCUT2D eigenvalue weighted by Crippen LogP contribution is 2.36. The van der Waals surface area contributed by atoms with Crippen LogP contribution in [-0.2, 0) is 9.53 Å². The predicted octanol–water partition coefficient (Wildman–Crippen LogP) is 3.61. The van der Waals surface area contributed by atoms with Crippen molar-refractivity contribution in [2.45, 2.75) is 26.8 Å². The van der Waals surface area contributed by atoms with E-state index in [1.807, 2.05) is 43.3 Å². The summed E-state index contributed by atoms with van der Waals surface area (Å²) in [6.07, 6.45) is 1.90. The number of para-hydroxylation sites is 1. The van der Waals surface area contributed by atoms with Gasteiger partial charge in [-0.1, -0.05) is 35.6 Å². The van der Waals surface area contributed by atoms with Gasteiger partial charge in [0.25, 0.3) is 5.56 Å². The molecule has 5 rings (SSSR count). The second-order valence-corrected chi connectivity index (χ2v) is 9.64. The van der Waals surface area contributed by atoms with Crippen molar-refractivity contribution in [1.82, 2.24) is 9.55 Å². The van der Waals surface area contributed by atoms with Crippen molar-refractivity contribution in [3.8, 4) is 11.5 Å². The number of aromatic nitrogens is 2. The third-order valence-corrected chi connectivity index (χ3v) is 7.44. The molecule has 37 heavy (non-hydrogen) atoms. The summed E-state index contributed by atoms with van der Waals surface area (Å²) in [5.74, 6) is 0.534. The Balaban J connectivity index is 1.77. The summed E-state index contributed by atoms with van der Waals surface area (Å²) in [6, 6.07) is 12.6. The fourth-order valence-corrected chi connectivity index (χ4v) is 5.77. The molecule has 190 valence electrons. The minimum atomic E-state index is -0.735. The van der Waals surface area contributed by atoms with Gasteiger partial charge in [0.15, 0.2) is 16.3 Å². The number of nitrogens with one attached hydrogen (secondary N) is 1. The largest absolute Gasteiger partial charge is 0.493 e. The number of aromatic amines is 1. The van der Waals surface area contributed by atoms with Gasteiger partial charge in [0.2, 0.25) is 0 Å². The van der Waals surface area contributed by atoms with E-state index >= 15 is 0 Å². The van der Waals surface area contributed by atoms with Crippen LogP contribution in [0.3, 0.4) is 0 Å². The van der Waals surface area contributed by atoms with Crippen LogP contribution in [0.5, 0.6) is 11.5 Å². The molecule has 0 fully saturated rings. The maximum Gasteiger partial charge on any atom is 0.338 e. The highest BCUT2D eigenvalue weighted by Gasteiger charge is 2.34. The molecule has 1 unspecified atom stereocenters. The number of hydrogen-bond acceptors (Lipinski definition) is 7. The third kappa shape index (κ3) is 4.15. The number of thiazole rings is 1. The number of nitrogens with zero attached hydrogens (tertiary/aromatic N) is 2. The number of benzene rings is 2. The Kier molecular flexibility index (Phi) is 6.47. The van der Waals surface area contributed by atoms with Crippen molar-refractivity contribution in [3.05, 3.63) is 90.2 Å². The lowest BCUT2D eigenvalue weighted by Gasteiger charge is -2.25. The summed E-state index contributed by atoms with van der Waals surface area (Å²) in [7, 11) is 3.10. The fourth-order valence-electron chi connectivity index (χ4n) is 4.75. The van der Waals surface area contributed by atoms with Crippen LogP contribution in [0.1, 0.15) is 36.7 Å². The number of hydrogen-bond donors (Lipinski definition) is 1. The molecule has 0 spiro atoms. The van der Waals surface area contributed by atoms with Gasteiger partial charge < -0.3 is 19.2 Å². The van der Waals surface area contributed by atoms with Crippen molar-refractivity contribution in [3.63, 3.8) is 0 Å². The number of H-pyrrole nitrogens is 1. The van der Waals surface area contributed by atoms with Gasteiger partial charge in [-0.3, -0.25) is 9.36 Å². The number of carbonyl (C=O) groups is 1. The third-order valence-electron chi connectivity index (χ3n) is 6.46. The molecule has 2 aromatic heterocycles. The molecule has 0 amide bonds. The van der Waals surface area contributed by atoms with Crippen molar-refractivity contribution < 1.29 is 19.0 Å². The average molecular weight is 518 g/mol. The van der Waals surface area contributed by atoms with Gasteiger partial charge in [0.05, 0.1) is 42.7 Å². The second-order valence-electron chi connectivity index (χ2n) is 8.63. The lowest BCUT2D eigenvalue weighted by molar-refractivity contribution is -0.139. The van der Waals surface area contributed by atoms with Gasteiger partial charge in [-0.25, -0.2) is 9.79 Å². The van der Waals surface area contributed by atoms with Crippen LogP contribution in [0.2, 0.25) is 0 Å². The minimum Gasteiger partial charge on any atom is -0.493 e. The van der Waals surface area contributed by atoms with E-state index in [0.717, 1.165) is 22.2 Å². The van der Waals surface area contributed by atoms with Crippen LogP contribution >= 0.6 is 11.3 Å². The molecule has 4 aromatic rings. The molecule has 1 N–H and O–H groups in total. The molecule has 0 radical (unpaired) electrons. The Morgan fingerprint density at radius 1 is 1.14 bits per heavy atom. The molecule has 8 nitrogen and oxygen atoms in total. The highest BCUT2D eigenvalue weighted by atomic mass is 32.1. The van der Waals surface area contributed by atoms with Crippen LogP contribution in [0.4, 0.5) is 0 Å². The van der Waals surface area contributed by atoms with E-state index in [1.165, 1.54) is 11.3 Å². The van der Waals surface area contributed by atoms with Gasteiger partial charge in [0.1, 0.15) is 0 Å². The zero-order valence-corrected chi connectivity index (χ0v) is 22.1. The van der Waals surface area contributed by atoms with Crippen LogP contribution in [-0.4, -0.2) is 36.3 Å². The molecule has 0 bridgehead atoms. The normalized spacial score (nSPS) is 15.5. The topological polar surface area (TPSA) is 94.9 Å². The smallest absolute Gasteiger partial charge is 0.338 e. The van der Waals surface area contributed by atoms with E-state index in [-0.39, 0.29) is 12.2 Å². The zero-order chi connectivity index (χ0) is 26.3. The Labute approximate surface area is 217 Å². The number of methoxy groups -OCH3 is 2. The monoisotopic (exact) mass is 517 g/mol. The van der Waals surface area contributed by atoms with E-state index in [9.17, 15) is 9.59 Å². The molecular formula is C28H27N3O5S. The molecular weight excluding hydrogens is 490 g/mol. The SMILES string of the molecule is CCOC(=O)C1=C(C)N=c2s/c(=C\c3c(C)[nH]c4ccccc34)c(=O)n2C1c1ccc(OC)c(OC)c1. The van der Waals surface area contributed by atoms with Gasteiger partial charge >= 0.3 is 5.97 Å². The number of esters is 1. The summed E-state index contributed by atoms with van der Waals surface area (Å²) in [6.45, 7) is 5.70. The van der Waals surface area contributed by atoms with Gasteiger partial charge in [-0.2, -0.15) is 0 Å². The Hall–Kier alpha value is -4.11. The number of ether oxygens (including phenoxy) is 3. The van der Waals surface area contributed by atoms with Crippen LogP contribution < -0.4 is 24.4 Å². The molecule has 3 heterocycles. The summed E-state index contributed by atoms with van der Waals surface area (Å²) in [4.78, 5) is 35.6. The second kappa shape index (κ2) is 9.74. The van der Waals surface area contributed by atoms with E-state index < -0.39 is 12.0 Å². The molecule has 2 aromatic carbocycles. The Morgan fingerprint density at radius 3 is 2.62 bits per heavy atom. The molecule has 1 aliphatic heterocycles. The lowest BCUT2D eigenvalue weighted by atomic mass is 9.95. The first-order valence-electron chi connectivity index (χ1n) is 11.9. The van der Waals surface area contributed by atoms with Gasteiger partial charge in [-0.05, 0) is 50.6 Å². The van der Waals surface area contributed by atoms with Crippen molar-refractivity contribution in [2.24, 2.45) is 4.99 Å². The number of allylic oxidation sites excluding steroid dienone is 1. The highest BCUT2D eigenvalue weighted by molar-refractivity contribution is 7.07. The molecule has 0 aliphatic carbocycles. The van der Waals surface area contributed by atoms with E-state index in [0.29, 0.717) is 37.7 Å². The van der Waals surface area contributed by atoms with Crippen molar-refractivity contribution in [1.29, 1.82) is 0 Å². The minimum absolute atomic E-state index is 0.207. The standard InChI is InChI=1S/C28H27N3O5S/c1-6-36-27(33)24-16(3)30-28-31(25(24)17-11-12-21(34-4)22(13-17)35-5)26(32)23(37-28)14-19-15(2)29-20-10-8-7-9-18(19)20/h7-14,25,29H,6H2,1-5H3/b23-14-. The molecule has 1 aliphatic rings.